The second-order valence-corrected chi connectivity index (χ2v) is 3.90. The van der Waals surface area contributed by atoms with E-state index in [1.165, 1.54) is 13.0 Å². The van der Waals surface area contributed by atoms with Crippen LogP contribution >= 0.6 is 12.6 Å². The number of thiol groups is 1. The fraction of sp³-hybridized carbons (Fsp3) is 0.273. The van der Waals surface area contributed by atoms with Gasteiger partial charge in [-0.25, -0.2) is 0 Å². The first-order valence-corrected chi connectivity index (χ1v) is 5.16. The first kappa shape index (κ1) is 14.9. The summed E-state index contributed by atoms with van der Waals surface area (Å²) in [4.78, 5) is -0.747. The molecule has 0 aliphatic carbocycles. The van der Waals surface area contributed by atoms with Crippen molar-refractivity contribution in [2.75, 3.05) is 0 Å². The summed E-state index contributed by atoms with van der Waals surface area (Å²) in [6.45, 7) is 1.42. The van der Waals surface area contributed by atoms with Gasteiger partial charge in [0.25, 0.3) is 0 Å². The summed E-state index contributed by atoms with van der Waals surface area (Å²) in [5, 5.41) is 0. The maximum atomic E-state index is 12.8. The van der Waals surface area contributed by atoms with Gasteiger partial charge in [0.2, 0.25) is 0 Å². The second kappa shape index (κ2) is 4.87. The molecular formula is C11H8F6S. The molecule has 0 aliphatic heterocycles. The van der Waals surface area contributed by atoms with Crippen molar-refractivity contribution in [1.29, 1.82) is 0 Å². The van der Waals surface area contributed by atoms with Gasteiger partial charge in [0.1, 0.15) is 0 Å². The minimum atomic E-state index is -5.11. The lowest BCUT2D eigenvalue weighted by Gasteiger charge is -2.19. The first-order chi connectivity index (χ1) is 8.09. The van der Waals surface area contributed by atoms with E-state index in [0.29, 0.717) is 0 Å². The number of halogens is 6. The van der Waals surface area contributed by atoms with Gasteiger partial charge in [0.15, 0.2) is 0 Å². The zero-order valence-electron chi connectivity index (χ0n) is 9.02. The molecule has 0 atom stereocenters. The number of rotatable bonds is 1. The van der Waals surface area contributed by atoms with Gasteiger partial charge in [-0.05, 0) is 18.6 Å². The van der Waals surface area contributed by atoms with Crippen LogP contribution in [0.1, 0.15) is 23.6 Å². The summed E-state index contributed by atoms with van der Waals surface area (Å²) in [5.41, 5.74) is -4.00. The van der Waals surface area contributed by atoms with Crippen LogP contribution in [0.2, 0.25) is 0 Å². The zero-order chi connectivity index (χ0) is 14.1. The maximum Gasteiger partial charge on any atom is 0.418 e. The van der Waals surface area contributed by atoms with Gasteiger partial charge in [-0.3, -0.25) is 0 Å². The molecule has 18 heavy (non-hydrogen) atoms. The fourth-order valence-corrected chi connectivity index (χ4v) is 1.83. The first-order valence-electron chi connectivity index (χ1n) is 4.72. The molecule has 0 fully saturated rings. The Bertz CT molecular complexity index is 470. The molecule has 0 radical (unpaired) electrons. The molecule has 0 bridgehead atoms. The van der Waals surface area contributed by atoms with Crippen LogP contribution in [0.4, 0.5) is 26.3 Å². The predicted molar refractivity (Wildman–Crippen MR) is 58.4 cm³/mol. The molecule has 1 aromatic carbocycles. The Morgan fingerprint density at radius 2 is 1.44 bits per heavy atom. The van der Waals surface area contributed by atoms with E-state index >= 15 is 0 Å². The van der Waals surface area contributed by atoms with Gasteiger partial charge in [0.05, 0.1) is 11.1 Å². The SMILES string of the molecule is C/C=C/c1ccc(S)c(C(F)(F)F)c1C(F)(F)F. The third-order valence-corrected chi connectivity index (χ3v) is 2.50. The molecule has 0 saturated heterocycles. The van der Waals surface area contributed by atoms with E-state index < -0.39 is 33.9 Å². The Morgan fingerprint density at radius 3 is 1.83 bits per heavy atom. The Morgan fingerprint density at radius 1 is 0.944 bits per heavy atom. The van der Waals surface area contributed by atoms with Crippen molar-refractivity contribution in [3.05, 3.63) is 34.9 Å². The summed E-state index contributed by atoms with van der Waals surface area (Å²) < 4.78 is 76.4. The quantitative estimate of drug-likeness (QED) is 0.542. The molecule has 7 heteroatoms. The number of hydrogen-bond acceptors (Lipinski definition) is 1. The van der Waals surface area contributed by atoms with Gasteiger partial charge in [-0.1, -0.05) is 18.2 Å². The molecule has 1 rings (SSSR count). The summed E-state index contributed by atoms with van der Waals surface area (Å²) >= 11 is 3.46. The van der Waals surface area contributed by atoms with Crippen LogP contribution in [0.3, 0.4) is 0 Å². The van der Waals surface area contributed by atoms with Crippen LogP contribution in [-0.4, -0.2) is 0 Å². The van der Waals surface area contributed by atoms with Crippen molar-refractivity contribution in [3.63, 3.8) is 0 Å². The third-order valence-electron chi connectivity index (χ3n) is 2.13. The Balaban J connectivity index is 3.73. The monoisotopic (exact) mass is 286 g/mol. The van der Waals surface area contributed by atoms with Crippen LogP contribution in [0.15, 0.2) is 23.1 Å². The van der Waals surface area contributed by atoms with Crippen molar-refractivity contribution in [2.24, 2.45) is 0 Å². The molecule has 0 unspecified atom stereocenters. The Hall–Kier alpha value is -1.11. The normalized spacial score (nSPS) is 13.3. The highest BCUT2D eigenvalue weighted by atomic mass is 32.1. The average molecular weight is 286 g/mol. The van der Waals surface area contributed by atoms with Crippen molar-refractivity contribution in [2.45, 2.75) is 24.2 Å². The van der Waals surface area contributed by atoms with E-state index in [1.807, 2.05) is 0 Å². The van der Waals surface area contributed by atoms with Crippen LogP contribution in [0.5, 0.6) is 0 Å². The predicted octanol–water partition coefficient (Wildman–Crippen LogP) is 5.05. The highest BCUT2D eigenvalue weighted by Crippen LogP contribution is 2.45. The minimum absolute atomic E-state index is 0.532. The van der Waals surface area contributed by atoms with Crippen molar-refractivity contribution >= 4 is 18.7 Å². The number of benzene rings is 1. The molecule has 0 N–H and O–H groups in total. The van der Waals surface area contributed by atoms with E-state index in [0.717, 1.165) is 18.2 Å². The molecule has 0 heterocycles. The largest absolute Gasteiger partial charge is 0.418 e. The molecule has 0 aromatic heterocycles. The van der Waals surface area contributed by atoms with Gasteiger partial charge in [-0.2, -0.15) is 26.3 Å². The summed E-state index contributed by atoms with van der Waals surface area (Å²) in [5.74, 6) is 0. The Labute approximate surface area is 105 Å². The van der Waals surface area contributed by atoms with Crippen LogP contribution in [0, 0.1) is 0 Å². The summed E-state index contributed by atoms with van der Waals surface area (Å²) in [7, 11) is 0. The summed E-state index contributed by atoms with van der Waals surface area (Å²) in [6.07, 6.45) is -7.99. The molecule has 0 nitrogen and oxygen atoms in total. The third kappa shape index (κ3) is 3.01. The van der Waals surface area contributed by atoms with Crippen LogP contribution in [0.25, 0.3) is 6.08 Å². The molecule has 100 valence electrons. The van der Waals surface area contributed by atoms with Gasteiger partial charge < -0.3 is 0 Å². The van der Waals surface area contributed by atoms with E-state index in [9.17, 15) is 26.3 Å². The van der Waals surface area contributed by atoms with E-state index in [1.54, 1.807) is 0 Å². The van der Waals surface area contributed by atoms with E-state index in [4.69, 9.17) is 0 Å². The topological polar surface area (TPSA) is 0 Å². The minimum Gasteiger partial charge on any atom is -0.166 e. The molecule has 1 aromatic rings. The van der Waals surface area contributed by atoms with Gasteiger partial charge in [0, 0.05) is 4.90 Å². The molecule has 0 aliphatic rings. The van der Waals surface area contributed by atoms with Gasteiger partial charge in [-0.15, -0.1) is 12.6 Å². The van der Waals surface area contributed by atoms with E-state index in [2.05, 4.69) is 12.6 Å². The van der Waals surface area contributed by atoms with E-state index in [-0.39, 0.29) is 0 Å². The van der Waals surface area contributed by atoms with Crippen molar-refractivity contribution in [1.82, 2.24) is 0 Å². The molecule has 0 saturated carbocycles. The lowest BCUT2D eigenvalue weighted by molar-refractivity contribution is -0.163. The number of hydrogen-bond donors (Lipinski definition) is 1. The molecular weight excluding hydrogens is 278 g/mol. The zero-order valence-corrected chi connectivity index (χ0v) is 9.92. The van der Waals surface area contributed by atoms with Crippen LogP contribution in [-0.2, 0) is 12.4 Å². The number of alkyl halides is 6. The lowest BCUT2D eigenvalue weighted by Crippen LogP contribution is -2.19. The lowest BCUT2D eigenvalue weighted by atomic mass is 9.99. The van der Waals surface area contributed by atoms with Crippen molar-refractivity contribution < 1.29 is 26.3 Å². The highest BCUT2D eigenvalue weighted by molar-refractivity contribution is 7.80. The van der Waals surface area contributed by atoms with Gasteiger partial charge >= 0.3 is 12.4 Å². The summed E-state index contributed by atoms with van der Waals surface area (Å²) in [6, 6.07) is 1.86. The Kier molecular flexibility index (Phi) is 4.05. The van der Waals surface area contributed by atoms with Crippen LogP contribution < -0.4 is 0 Å². The number of allylic oxidation sites excluding steroid dienone is 1. The standard InChI is InChI=1S/C11H8F6S/c1-2-3-6-4-5-7(18)9(11(15,16)17)8(6)10(12,13)14/h2-5,18H,1H3/b3-2+. The molecule has 0 amide bonds. The highest BCUT2D eigenvalue weighted by Gasteiger charge is 2.45. The van der Waals surface area contributed by atoms with Crippen molar-refractivity contribution in [3.8, 4) is 0 Å². The molecule has 0 spiro atoms. The maximum absolute atomic E-state index is 12.8. The second-order valence-electron chi connectivity index (χ2n) is 3.42. The smallest absolute Gasteiger partial charge is 0.166 e. The average Bonchev–Trinajstić information content (AvgIpc) is 2.17. The fourth-order valence-electron chi connectivity index (χ4n) is 1.52.